The fourth-order valence-corrected chi connectivity index (χ4v) is 5.90. The molecule has 4 amide bonds. The summed E-state index contributed by atoms with van der Waals surface area (Å²) in [5, 5.41) is 5.52. The molecular formula is C22H32N4O5S. The first-order chi connectivity index (χ1) is 14.9. The number of sulfonamides is 1. The number of hydrogen-bond donors (Lipinski definition) is 3. The molecule has 0 atom stereocenters. The topological polar surface area (TPSA) is 125 Å². The molecule has 1 aromatic rings. The number of carbonyl (C=O) groups is 3. The van der Waals surface area contributed by atoms with E-state index in [4.69, 9.17) is 0 Å². The van der Waals surface area contributed by atoms with Crippen molar-refractivity contribution in [2.24, 2.45) is 0 Å². The van der Waals surface area contributed by atoms with Crippen molar-refractivity contribution < 1.29 is 22.8 Å². The summed E-state index contributed by atoms with van der Waals surface area (Å²) in [5.74, 6) is -0.620. The first-order valence-electron chi connectivity index (χ1n) is 11.0. The lowest BCUT2D eigenvalue weighted by atomic mass is 9.82. The summed E-state index contributed by atoms with van der Waals surface area (Å²) >= 11 is 0. The highest BCUT2D eigenvalue weighted by Crippen LogP contribution is 2.33. The van der Waals surface area contributed by atoms with Crippen molar-refractivity contribution in [3.05, 3.63) is 29.8 Å². The Kier molecular flexibility index (Phi) is 6.94. The second kappa shape index (κ2) is 9.19. The molecule has 1 aromatic carbocycles. The third-order valence-electron chi connectivity index (χ3n) is 5.69. The van der Waals surface area contributed by atoms with E-state index in [-0.39, 0.29) is 36.2 Å². The Balaban J connectivity index is 1.58. The van der Waals surface area contributed by atoms with Gasteiger partial charge >= 0.3 is 6.03 Å². The Morgan fingerprint density at radius 2 is 1.78 bits per heavy atom. The van der Waals surface area contributed by atoms with E-state index in [1.54, 1.807) is 39.0 Å². The number of amides is 4. The summed E-state index contributed by atoms with van der Waals surface area (Å²) in [6.45, 7) is 5.26. The van der Waals surface area contributed by atoms with Crippen LogP contribution in [0.5, 0.6) is 0 Å². The maximum atomic E-state index is 12.8. The molecule has 0 unspecified atom stereocenters. The Hall–Kier alpha value is -2.46. The fourth-order valence-electron chi connectivity index (χ4n) is 4.24. The fraction of sp³-hybridized carbons (Fsp3) is 0.591. The van der Waals surface area contributed by atoms with E-state index in [0.717, 1.165) is 24.2 Å². The van der Waals surface area contributed by atoms with Crippen LogP contribution < -0.4 is 15.4 Å². The van der Waals surface area contributed by atoms with Crippen LogP contribution in [-0.4, -0.2) is 48.8 Å². The van der Waals surface area contributed by atoms with Crippen LogP contribution >= 0.6 is 0 Å². The Morgan fingerprint density at radius 3 is 2.44 bits per heavy atom. The molecular weight excluding hydrogens is 432 g/mol. The largest absolute Gasteiger partial charge is 0.352 e. The first kappa shape index (κ1) is 24.2. The highest BCUT2D eigenvalue weighted by molar-refractivity contribution is 7.89. The monoisotopic (exact) mass is 464 g/mol. The van der Waals surface area contributed by atoms with Crippen molar-refractivity contribution in [3.8, 4) is 0 Å². The van der Waals surface area contributed by atoms with E-state index >= 15 is 0 Å². The smallest absolute Gasteiger partial charge is 0.325 e. The number of hydrogen-bond acceptors (Lipinski definition) is 5. The first-order valence-corrected chi connectivity index (χ1v) is 12.4. The van der Waals surface area contributed by atoms with E-state index in [1.165, 1.54) is 6.07 Å². The summed E-state index contributed by atoms with van der Waals surface area (Å²) in [5.41, 5.74) is -0.999. The van der Waals surface area contributed by atoms with Crippen molar-refractivity contribution in [1.82, 2.24) is 20.3 Å². The van der Waals surface area contributed by atoms with Gasteiger partial charge in [-0.05, 0) is 45.2 Å². The second-order valence-electron chi connectivity index (χ2n) is 9.52. The van der Waals surface area contributed by atoms with Crippen molar-refractivity contribution in [1.29, 1.82) is 0 Å². The van der Waals surface area contributed by atoms with E-state index in [2.05, 4.69) is 15.4 Å². The van der Waals surface area contributed by atoms with Crippen LogP contribution in [-0.2, 0) is 26.2 Å². The van der Waals surface area contributed by atoms with Gasteiger partial charge in [0, 0.05) is 25.0 Å². The molecule has 2 aliphatic rings. The molecule has 1 spiro atoms. The van der Waals surface area contributed by atoms with Crippen LogP contribution in [0.3, 0.4) is 0 Å². The number of carbonyl (C=O) groups excluding carboxylic acids is 3. The van der Waals surface area contributed by atoms with Crippen molar-refractivity contribution in [2.75, 3.05) is 6.54 Å². The third kappa shape index (κ3) is 5.47. The van der Waals surface area contributed by atoms with E-state index in [9.17, 15) is 22.8 Å². The summed E-state index contributed by atoms with van der Waals surface area (Å²) < 4.78 is 28.1. The van der Waals surface area contributed by atoms with Crippen LogP contribution in [0.25, 0.3) is 0 Å². The molecule has 3 rings (SSSR count). The van der Waals surface area contributed by atoms with Gasteiger partial charge in [0.05, 0.1) is 4.90 Å². The van der Waals surface area contributed by atoms with Crippen LogP contribution in [0.2, 0.25) is 0 Å². The molecule has 32 heavy (non-hydrogen) atoms. The number of nitrogens with one attached hydrogen (secondary N) is 3. The highest BCUT2D eigenvalue weighted by Gasteiger charge is 2.51. The second-order valence-corrected chi connectivity index (χ2v) is 11.2. The maximum absolute atomic E-state index is 12.8. The number of benzene rings is 1. The standard InChI is InChI=1S/C22H32N4O5S/c1-21(2,3)25-32(30,31)17-10-6-5-9-16(17)15-23-18(27)11-14-26-19(28)22(24-20(26)29)12-7-4-8-13-22/h5-6,9-10,25H,4,7-8,11-15H2,1-3H3,(H,23,27)(H,24,29). The quantitative estimate of drug-likeness (QED) is 0.533. The van der Waals surface area contributed by atoms with Gasteiger partial charge in [-0.2, -0.15) is 0 Å². The minimum atomic E-state index is -3.76. The average molecular weight is 465 g/mol. The molecule has 9 nitrogen and oxygen atoms in total. The molecule has 2 fully saturated rings. The van der Waals surface area contributed by atoms with Crippen molar-refractivity contribution in [2.45, 2.75) is 81.8 Å². The molecule has 176 valence electrons. The Labute approximate surface area is 189 Å². The number of nitrogens with zero attached hydrogens (tertiary/aromatic N) is 1. The van der Waals surface area contributed by atoms with E-state index in [1.807, 2.05) is 0 Å². The summed E-state index contributed by atoms with van der Waals surface area (Å²) in [7, 11) is -3.76. The van der Waals surface area contributed by atoms with Gasteiger partial charge in [0.1, 0.15) is 5.54 Å². The van der Waals surface area contributed by atoms with Crippen LogP contribution in [0.4, 0.5) is 4.79 Å². The van der Waals surface area contributed by atoms with Crippen LogP contribution in [0, 0.1) is 0 Å². The zero-order chi connectivity index (χ0) is 23.6. The van der Waals surface area contributed by atoms with Gasteiger partial charge in [-0.1, -0.05) is 37.5 Å². The molecule has 0 aromatic heterocycles. The molecule has 1 aliphatic carbocycles. The van der Waals surface area contributed by atoms with Gasteiger partial charge in [0.25, 0.3) is 5.91 Å². The lowest BCUT2D eigenvalue weighted by Crippen LogP contribution is -2.48. The zero-order valence-electron chi connectivity index (χ0n) is 18.9. The molecule has 3 N–H and O–H groups in total. The molecule has 1 saturated carbocycles. The average Bonchev–Trinajstić information content (AvgIpc) is 2.93. The highest BCUT2D eigenvalue weighted by atomic mass is 32.2. The van der Waals surface area contributed by atoms with Crippen molar-refractivity contribution >= 4 is 27.9 Å². The van der Waals surface area contributed by atoms with E-state index < -0.39 is 27.1 Å². The van der Waals surface area contributed by atoms with Crippen LogP contribution in [0.1, 0.15) is 64.9 Å². The number of rotatable bonds is 7. The lowest BCUT2D eigenvalue weighted by Gasteiger charge is -2.30. The molecule has 1 saturated heterocycles. The van der Waals surface area contributed by atoms with E-state index in [0.29, 0.717) is 18.4 Å². The van der Waals surface area contributed by atoms with Crippen LogP contribution in [0.15, 0.2) is 29.2 Å². The van der Waals surface area contributed by atoms with Gasteiger partial charge in [0.2, 0.25) is 15.9 Å². The minimum Gasteiger partial charge on any atom is -0.352 e. The van der Waals surface area contributed by atoms with Gasteiger partial charge in [0.15, 0.2) is 0 Å². The normalized spacial score (nSPS) is 18.7. The Bertz CT molecular complexity index is 994. The summed E-state index contributed by atoms with van der Waals surface area (Å²) in [6, 6.07) is 6.01. The van der Waals surface area contributed by atoms with Crippen molar-refractivity contribution in [3.63, 3.8) is 0 Å². The predicted octanol–water partition coefficient (Wildman–Crippen LogP) is 2.02. The molecule has 0 bridgehead atoms. The summed E-state index contributed by atoms with van der Waals surface area (Å²) in [6.07, 6.45) is 4.06. The van der Waals surface area contributed by atoms with Gasteiger partial charge in [-0.3, -0.25) is 14.5 Å². The molecule has 0 radical (unpaired) electrons. The van der Waals surface area contributed by atoms with Gasteiger partial charge in [-0.25, -0.2) is 17.9 Å². The summed E-state index contributed by atoms with van der Waals surface area (Å²) in [4.78, 5) is 38.7. The van der Waals surface area contributed by atoms with Gasteiger partial charge in [-0.15, -0.1) is 0 Å². The Morgan fingerprint density at radius 1 is 1.12 bits per heavy atom. The zero-order valence-corrected chi connectivity index (χ0v) is 19.7. The minimum absolute atomic E-state index is 0.0101. The SMILES string of the molecule is CC(C)(C)NS(=O)(=O)c1ccccc1CNC(=O)CCN1C(=O)NC2(CCCCC2)C1=O. The number of urea groups is 1. The molecule has 1 heterocycles. The maximum Gasteiger partial charge on any atom is 0.325 e. The lowest BCUT2D eigenvalue weighted by molar-refractivity contribution is -0.132. The molecule has 10 heteroatoms. The predicted molar refractivity (Wildman–Crippen MR) is 119 cm³/mol. The van der Waals surface area contributed by atoms with Gasteiger partial charge < -0.3 is 10.6 Å². The molecule has 1 aliphatic heterocycles. The third-order valence-corrected chi connectivity index (χ3v) is 7.55. The number of imide groups is 1.